The molecule has 0 amide bonds. The van der Waals surface area contributed by atoms with Crippen molar-refractivity contribution in [3.63, 3.8) is 0 Å². The van der Waals surface area contributed by atoms with Crippen molar-refractivity contribution in [3.8, 4) is 16.5 Å². The fourth-order valence-electron chi connectivity index (χ4n) is 4.75. The van der Waals surface area contributed by atoms with E-state index in [0.717, 1.165) is 15.9 Å². The molecule has 0 saturated carbocycles. The van der Waals surface area contributed by atoms with Crippen molar-refractivity contribution in [3.05, 3.63) is 93.3 Å². The third-order valence-corrected chi connectivity index (χ3v) is 10.1. The van der Waals surface area contributed by atoms with Gasteiger partial charge in [0.2, 0.25) is 0 Å². The van der Waals surface area contributed by atoms with Crippen molar-refractivity contribution in [1.82, 2.24) is 9.55 Å². The monoisotopic (exact) mass is 741 g/mol. The van der Waals surface area contributed by atoms with Gasteiger partial charge in [-0.15, -0.1) is 16.5 Å². The van der Waals surface area contributed by atoms with Gasteiger partial charge in [-0.3, -0.25) is 18.9 Å². The Morgan fingerprint density at radius 1 is 0.918 bits per heavy atom. The number of benzene rings is 3. The van der Waals surface area contributed by atoms with Gasteiger partial charge in [0.25, 0.3) is 25.8 Å². The molecule has 0 atom stereocenters. The van der Waals surface area contributed by atoms with Crippen molar-refractivity contribution < 1.29 is 95.3 Å². The maximum atomic E-state index is 12.8. The van der Waals surface area contributed by atoms with Crippen LogP contribution in [-0.2, 0) is 32.5 Å². The Hall–Kier alpha value is -2.81. The molecule has 14 nitrogen and oxygen atoms in total. The number of thiazole rings is 1. The summed E-state index contributed by atoms with van der Waals surface area (Å²) in [5.74, 6) is -2.38. The second-order valence-electron chi connectivity index (χ2n) is 10.3. The summed E-state index contributed by atoms with van der Waals surface area (Å²) in [6, 6.07) is 15.6. The van der Waals surface area contributed by atoms with E-state index in [-0.39, 0.29) is 98.6 Å². The number of hydrogen-bond donors (Lipinski definition) is 2. The Morgan fingerprint density at radius 3 is 2.10 bits per heavy atom. The van der Waals surface area contributed by atoms with Gasteiger partial charge in [-0.25, -0.2) is 4.98 Å². The van der Waals surface area contributed by atoms with Gasteiger partial charge in [0.1, 0.15) is 15.7 Å². The molecule has 0 unspecified atom stereocenters. The first-order valence-electron chi connectivity index (χ1n) is 13.7. The molecule has 49 heavy (non-hydrogen) atoms. The van der Waals surface area contributed by atoms with E-state index in [4.69, 9.17) is 0 Å². The van der Waals surface area contributed by atoms with Crippen LogP contribution in [0.25, 0.3) is 20.8 Å². The maximum absolute atomic E-state index is 12.8. The minimum absolute atomic E-state index is 0. The zero-order valence-corrected chi connectivity index (χ0v) is 33.4. The molecule has 0 aliphatic carbocycles. The molecule has 5 aromatic rings. The van der Waals surface area contributed by atoms with E-state index < -0.39 is 43.3 Å². The minimum Gasteiger partial charge on any atom is -0.860 e. The number of nitrogens with zero attached hydrogens (tertiary/aromatic N) is 5. The molecule has 19 heteroatoms. The first-order chi connectivity index (χ1) is 22.1. The summed E-state index contributed by atoms with van der Waals surface area (Å²) in [4.78, 5) is 21.2. The first-order valence-corrected chi connectivity index (χ1v) is 17.6. The smallest absolute Gasteiger partial charge is 0.860 e. The summed E-state index contributed by atoms with van der Waals surface area (Å²) < 4.78 is 66.9. The number of rotatable bonds is 9. The molecule has 0 saturated heterocycles. The molecule has 0 spiro atoms. The Kier molecular flexibility index (Phi) is 13.3. The molecular formula is C30H25N5Na2O9S3. The Bertz CT molecular complexity index is 2380. The van der Waals surface area contributed by atoms with Gasteiger partial charge >= 0.3 is 59.1 Å². The van der Waals surface area contributed by atoms with E-state index >= 15 is 0 Å². The summed E-state index contributed by atoms with van der Waals surface area (Å²) >= 11 is 1.11. The second-order valence-corrected chi connectivity index (χ2v) is 14.1. The van der Waals surface area contributed by atoms with Crippen molar-refractivity contribution in [2.24, 2.45) is 15.2 Å². The third-order valence-electron chi connectivity index (χ3n) is 7.09. The van der Waals surface area contributed by atoms with Crippen molar-refractivity contribution in [1.29, 1.82) is 0 Å². The van der Waals surface area contributed by atoms with Crippen molar-refractivity contribution >= 4 is 64.7 Å². The van der Waals surface area contributed by atoms with Crippen LogP contribution >= 0.6 is 11.3 Å². The minimum atomic E-state index is -4.56. The van der Waals surface area contributed by atoms with Crippen LogP contribution in [0, 0.1) is 13.8 Å². The Labute approximate surface area is 329 Å². The van der Waals surface area contributed by atoms with Crippen LogP contribution in [0.3, 0.4) is 0 Å². The number of azo groups is 1. The molecule has 3 aromatic carbocycles. The topological polar surface area (TPSA) is 227 Å². The van der Waals surface area contributed by atoms with Gasteiger partial charge in [-0.2, -0.15) is 21.9 Å². The van der Waals surface area contributed by atoms with Crippen LogP contribution in [0.5, 0.6) is 5.88 Å². The number of aromatic nitrogens is 2. The fourth-order valence-corrected chi connectivity index (χ4v) is 7.78. The molecular weight excluding hydrogens is 717 g/mol. The number of pyridine rings is 1. The predicted molar refractivity (Wildman–Crippen MR) is 172 cm³/mol. The second kappa shape index (κ2) is 16.0. The molecule has 0 aliphatic heterocycles. The molecule has 2 N–H and O–H groups in total. The standard InChI is InChI=1S/C30H27N5O9S3.2Na/c1-4-35-29(37)22(15-46(39,40)41)17(3)24(30(35)38)34-33-21-12-6-18(7-13-21)27(36)31-20-10-8-19(9-11-20)28-32-23-14-5-16(2)26(25(23)45-28)47(42,43)44;;/h5-14,37H,4,15H2,1-3H3,(H,31,36)(H,39,40,41)(H,42,43,44);;/q;2*+1/p-2. The van der Waals surface area contributed by atoms with Crippen LogP contribution in [0.1, 0.15) is 29.2 Å². The van der Waals surface area contributed by atoms with E-state index in [1.807, 2.05) is 0 Å². The van der Waals surface area contributed by atoms with Gasteiger partial charge in [-0.05, 0) is 97.3 Å². The molecule has 0 fully saturated rings. The van der Waals surface area contributed by atoms with E-state index in [0.29, 0.717) is 32.0 Å². The van der Waals surface area contributed by atoms with E-state index in [9.17, 15) is 40.9 Å². The van der Waals surface area contributed by atoms with Crippen LogP contribution in [0.4, 0.5) is 17.1 Å². The number of hydrogen-bond acceptors (Lipinski definition) is 12. The molecule has 2 heterocycles. The molecule has 5 rings (SSSR count). The zero-order valence-electron chi connectivity index (χ0n) is 26.9. The quantitative estimate of drug-likeness (QED) is 0.0574. The maximum Gasteiger partial charge on any atom is 1.00 e. The van der Waals surface area contributed by atoms with Crippen LogP contribution in [0.15, 0.2) is 85.6 Å². The van der Waals surface area contributed by atoms with E-state index in [1.165, 1.54) is 38.1 Å². The van der Waals surface area contributed by atoms with Gasteiger partial charge < -0.3 is 14.8 Å². The zero-order chi connectivity index (χ0) is 34.3. The first kappa shape index (κ1) is 40.6. The van der Waals surface area contributed by atoms with Crippen molar-refractivity contribution in [2.45, 2.75) is 38.0 Å². The predicted octanol–water partition coefficient (Wildman–Crippen LogP) is -1.67. The molecule has 2 aromatic heterocycles. The Morgan fingerprint density at radius 2 is 1.53 bits per heavy atom. The number of fused-ring (bicyclic) bond motifs is 1. The van der Waals surface area contributed by atoms with Gasteiger partial charge in [-0.1, -0.05) is 18.2 Å². The van der Waals surface area contributed by atoms with E-state index in [1.54, 1.807) is 43.3 Å². The van der Waals surface area contributed by atoms with Gasteiger partial charge in [0.15, 0.2) is 5.69 Å². The number of aliphatic imine (C=N–C) groups is 1. The van der Waals surface area contributed by atoms with E-state index in [2.05, 4.69) is 20.2 Å². The Balaban J connectivity index is 0.00000325. The SMILES string of the molecule is CCn1c([O-])c(CS(=O)(=O)O)c(C)c(N=Nc2ccc(C([O-])=Nc3ccc(-c4nc5ccc(C)c(S(=O)(=O)O)c5s4)cc3)cc2)c1=O.[Na+].[Na+]. The summed E-state index contributed by atoms with van der Waals surface area (Å²) in [6.07, 6.45) is 0. The van der Waals surface area contributed by atoms with Crippen molar-refractivity contribution in [2.75, 3.05) is 0 Å². The molecule has 0 bridgehead atoms. The summed E-state index contributed by atoms with van der Waals surface area (Å²) in [6.45, 7) is 4.40. The van der Waals surface area contributed by atoms with Gasteiger partial charge in [0.05, 0.1) is 21.6 Å². The average molecular weight is 742 g/mol. The van der Waals surface area contributed by atoms with Crippen LogP contribution in [0.2, 0.25) is 0 Å². The largest absolute Gasteiger partial charge is 1.00 e. The third kappa shape index (κ3) is 9.11. The normalized spacial score (nSPS) is 12.2. The summed E-state index contributed by atoms with van der Waals surface area (Å²) in [7, 11) is -9.02. The summed E-state index contributed by atoms with van der Waals surface area (Å²) in [5, 5.41) is 33.9. The fraction of sp³-hybridized carbons (Fsp3) is 0.167. The molecule has 244 valence electrons. The number of aryl methyl sites for hydroxylation is 1. The average Bonchev–Trinajstić information content (AvgIpc) is 3.43. The van der Waals surface area contributed by atoms with Crippen LogP contribution in [-0.4, -0.2) is 41.4 Å². The van der Waals surface area contributed by atoms with Gasteiger partial charge in [0, 0.05) is 12.1 Å². The molecule has 0 radical (unpaired) electrons. The van der Waals surface area contributed by atoms with Crippen LogP contribution < -0.4 is 74.9 Å². The molecule has 0 aliphatic rings. The summed E-state index contributed by atoms with van der Waals surface area (Å²) in [5.41, 5.74) is 0.957.